The maximum absolute atomic E-state index is 11.0. The zero-order chi connectivity index (χ0) is 11.5. The van der Waals surface area contributed by atoms with Crippen molar-refractivity contribution in [2.45, 2.75) is 6.92 Å². The molecule has 0 aliphatic rings. The number of nitrogens with zero attached hydrogens (tertiary/aromatic N) is 3. The van der Waals surface area contributed by atoms with E-state index in [9.17, 15) is 4.79 Å². The van der Waals surface area contributed by atoms with Crippen LogP contribution in [0.15, 0.2) is 18.6 Å². The third-order valence-corrected chi connectivity index (χ3v) is 1.94. The Morgan fingerprint density at radius 2 is 2.19 bits per heavy atom. The van der Waals surface area contributed by atoms with Crippen LogP contribution in [0.5, 0.6) is 0 Å². The van der Waals surface area contributed by atoms with Gasteiger partial charge in [0.1, 0.15) is 17.2 Å². The third-order valence-electron chi connectivity index (χ3n) is 1.94. The van der Waals surface area contributed by atoms with Crippen LogP contribution in [-0.2, 0) is 0 Å². The maximum Gasteiger partial charge on any atom is 0.254 e. The predicted octanol–water partition coefficient (Wildman–Crippen LogP) is 0.351. The average molecular weight is 218 g/mol. The van der Waals surface area contributed by atoms with Crippen LogP contribution in [0, 0.1) is 6.92 Å². The second kappa shape index (κ2) is 3.97. The van der Waals surface area contributed by atoms with Gasteiger partial charge in [0.15, 0.2) is 0 Å². The molecule has 2 aromatic heterocycles. The summed E-state index contributed by atoms with van der Waals surface area (Å²) in [6.45, 7) is 1.84. The number of carbonyl (C=O) groups is 1. The van der Waals surface area contributed by atoms with Gasteiger partial charge in [-0.15, -0.1) is 0 Å². The van der Waals surface area contributed by atoms with Crippen molar-refractivity contribution in [3.05, 3.63) is 29.8 Å². The summed E-state index contributed by atoms with van der Waals surface area (Å²) >= 11 is 0. The first-order valence-electron chi connectivity index (χ1n) is 4.55. The molecule has 0 saturated heterocycles. The Morgan fingerprint density at radius 1 is 1.38 bits per heavy atom. The van der Waals surface area contributed by atoms with Crippen molar-refractivity contribution in [1.29, 1.82) is 0 Å². The summed E-state index contributed by atoms with van der Waals surface area (Å²) in [5.74, 6) is 0.360. The first kappa shape index (κ1) is 10.1. The van der Waals surface area contributed by atoms with E-state index in [1.807, 2.05) is 6.92 Å². The van der Waals surface area contributed by atoms with Gasteiger partial charge in [0.2, 0.25) is 0 Å². The van der Waals surface area contributed by atoms with E-state index in [4.69, 9.17) is 5.73 Å². The molecule has 0 bridgehead atoms. The molecule has 7 nitrogen and oxygen atoms in total. The number of hydrogen-bond donors (Lipinski definition) is 3. The van der Waals surface area contributed by atoms with Crippen molar-refractivity contribution in [3.63, 3.8) is 0 Å². The normalized spacial score (nSPS) is 10.1. The van der Waals surface area contributed by atoms with Gasteiger partial charge in [-0.3, -0.25) is 14.9 Å². The van der Waals surface area contributed by atoms with Crippen molar-refractivity contribution in [2.75, 3.05) is 5.32 Å². The molecule has 2 aromatic rings. The number of anilines is 2. The van der Waals surface area contributed by atoms with E-state index in [1.54, 1.807) is 12.4 Å². The van der Waals surface area contributed by atoms with Gasteiger partial charge in [-0.25, -0.2) is 4.98 Å². The Hall–Kier alpha value is -2.44. The van der Waals surface area contributed by atoms with E-state index < -0.39 is 5.91 Å². The number of hydrogen-bond acceptors (Lipinski definition) is 5. The molecule has 2 rings (SSSR count). The van der Waals surface area contributed by atoms with Gasteiger partial charge >= 0.3 is 0 Å². The molecule has 4 N–H and O–H groups in total. The monoisotopic (exact) mass is 218 g/mol. The summed E-state index contributed by atoms with van der Waals surface area (Å²) in [6.07, 6.45) is 4.52. The number of nitrogens with one attached hydrogen (secondary N) is 2. The average Bonchev–Trinajstić information content (AvgIpc) is 2.69. The fourth-order valence-electron chi connectivity index (χ4n) is 1.15. The lowest BCUT2D eigenvalue weighted by Gasteiger charge is -2.03. The molecule has 0 saturated carbocycles. The molecule has 7 heteroatoms. The predicted molar refractivity (Wildman–Crippen MR) is 57.2 cm³/mol. The molecule has 0 aromatic carbocycles. The Balaban J connectivity index is 2.23. The fourth-order valence-corrected chi connectivity index (χ4v) is 1.15. The minimum absolute atomic E-state index is 0.280. The van der Waals surface area contributed by atoms with E-state index >= 15 is 0 Å². The summed E-state index contributed by atoms with van der Waals surface area (Å²) < 4.78 is 0. The van der Waals surface area contributed by atoms with Gasteiger partial charge in [-0.05, 0) is 6.92 Å². The Morgan fingerprint density at radius 3 is 2.81 bits per heavy atom. The first-order valence-corrected chi connectivity index (χ1v) is 4.55. The highest BCUT2D eigenvalue weighted by molar-refractivity contribution is 5.97. The van der Waals surface area contributed by atoms with Gasteiger partial charge in [0, 0.05) is 0 Å². The summed E-state index contributed by atoms with van der Waals surface area (Å²) in [5.41, 5.74) is 6.25. The van der Waals surface area contributed by atoms with Gasteiger partial charge in [-0.2, -0.15) is 5.10 Å². The molecule has 0 radical (unpaired) electrons. The quantitative estimate of drug-likeness (QED) is 0.688. The molecule has 0 aliphatic heterocycles. The minimum atomic E-state index is -0.559. The summed E-state index contributed by atoms with van der Waals surface area (Å²) in [5, 5.41) is 9.21. The number of aromatic amines is 1. The van der Waals surface area contributed by atoms with Crippen LogP contribution < -0.4 is 11.1 Å². The number of H-pyrrole nitrogens is 1. The molecule has 0 aliphatic carbocycles. The standard InChI is InChI=1S/C9H10N6O/c1-5-2-12-7(4-11-5)14-9-6(8(10)16)3-13-15-9/h2-4H,1H3,(H2,10,16)(H2,12,13,14,15). The third kappa shape index (κ3) is 1.97. The van der Waals surface area contributed by atoms with Crippen molar-refractivity contribution < 1.29 is 4.79 Å². The molecule has 16 heavy (non-hydrogen) atoms. The molecular formula is C9H10N6O. The van der Waals surface area contributed by atoms with Crippen LogP contribution in [0.2, 0.25) is 0 Å². The summed E-state index contributed by atoms with van der Waals surface area (Å²) in [6, 6.07) is 0. The number of nitrogens with two attached hydrogens (primary N) is 1. The zero-order valence-electron chi connectivity index (χ0n) is 8.56. The molecule has 2 heterocycles. The van der Waals surface area contributed by atoms with E-state index in [1.165, 1.54) is 6.20 Å². The highest BCUT2D eigenvalue weighted by Gasteiger charge is 2.10. The molecule has 0 fully saturated rings. The van der Waals surface area contributed by atoms with Gasteiger partial charge in [-0.1, -0.05) is 0 Å². The van der Waals surface area contributed by atoms with Crippen LogP contribution in [0.1, 0.15) is 16.1 Å². The van der Waals surface area contributed by atoms with Gasteiger partial charge < -0.3 is 11.1 Å². The Bertz CT molecular complexity index is 503. The van der Waals surface area contributed by atoms with Crippen molar-refractivity contribution >= 4 is 17.5 Å². The Labute approximate surface area is 91.1 Å². The van der Waals surface area contributed by atoms with E-state index in [0.717, 1.165) is 5.69 Å². The maximum atomic E-state index is 11.0. The summed E-state index contributed by atoms with van der Waals surface area (Å²) in [7, 11) is 0. The Kier molecular flexibility index (Phi) is 2.50. The lowest BCUT2D eigenvalue weighted by molar-refractivity contribution is 0.100. The number of aryl methyl sites for hydroxylation is 1. The van der Waals surface area contributed by atoms with Crippen molar-refractivity contribution in [2.24, 2.45) is 5.73 Å². The van der Waals surface area contributed by atoms with E-state index in [0.29, 0.717) is 11.6 Å². The number of rotatable bonds is 3. The minimum Gasteiger partial charge on any atom is -0.365 e. The topological polar surface area (TPSA) is 110 Å². The molecule has 0 atom stereocenters. The molecular weight excluding hydrogens is 208 g/mol. The number of aromatic nitrogens is 4. The van der Waals surface area contributed by atoms with Crippen molar-refractivity contribution in [1.82, 2.24) is 20.2 Å². The fraction of sp³-hybridized carbons (Fsp3) is 0.111. The zero-order valence-corrected chi connectivity index (χ0v) is 8.56. The van der Waals surface area contributed by atoms with Crippen LogP contribution >= 0.6 is 0 Å². The highest BCUT2D eigenvalue weighted by atomic mass is 16.1. The van der Waals surface area contributed by atoms with Crippen LogP contribution in [0.4, 0.5) is 11.6 Å². The van der Waals surface area contributed by atoms with Crippen LogP contribution in [-0.4, -0.2) is 26.1 Å². The van der Waals surface area contributed by atoms with Crippen LogP contribution in [0.3, 0.4) is 0 Å². The van der Waals surface area contributed by atoms with Gasteiger partial charge in [0.05, 0.1) is 24.3 Å². The smallest absolute Gasteiger partial charge is 0.254 e. The van der Waals surface area contributed by atoms with E-state index in [-0.39, 0.29) is 5.56 Å². The summed E-state index contributed by atoms with van der Waals surface area (Å²) in [4.78, 5) is 19.2. The first-order chi connectivity index (χ1) is 7.66. The molecule has 1 amide bonds. The highest BCUT2D eigenvalue weighted by Crippen LogP contribution is 2.14. The van der Waals surface area contributed by atoms with E-state index in [2.05, 4.69) is 25.5 Å². The van der Waals surface area contributed by atoms with Crippen LogP contribution in [0.25, 0.3) is 0 Å². The second-order valence-electron chi connectivity index (χ2n) is 3.19. The van der Waals surface area contributed by atoms with Gasteiger partial charge in [0.25, 0.3) is 5.91 Å². The van der Waals surface area contributed by atoms with Crippen molar-refractivity contribution in [3.8, 4) is 0 Å². The SMILES string of the molecule is Cc1cnc(Nc2[nH]ncc2C(N)=O)cn1. The molecule has 82 valence electrons. The second-order valence-corrected chi connectivity index (χ2v) is 3.19. The largest absolute Gasteiger partial charge is 0.365 e. The lowest BCUT2D eigenvalue weighted by Crippen LogP contribution is -2.12. The molecule has 0 unspecified atom stereocenters. The lowest BCUT2D eigenvalue weighted by atomic mass is 10.3. The number of amides is 1. The number of primary amides is 1. The number of carbonyl (C=O) groups excluding carboxylic acids is 1. The molecule has 0 spiro atoms.